The van der Waals surface area contributed by atoms with Crippen LogP contribution in [0.25, 0.3) is 10.8 Å². The van der Waals surface area contributed by atoms with Crippen LogP contribution in [0.5, 0.6) is 0 Å². The van der Waals surface area contributed by atoms with E-state index < -0.39 is 0 Å². The Morgan fingerprint density at radius 2 is 1.68 bits per heavy atom. The fraction of sp³-hybridized carbons (Fsp3) is 0.0667. The molecule has 0 aliphatic rings. The molecule has 3 aromatic rings. The molecule has 1 heterocycles. The Kier molecular flexibility index (Phi) is 7.90. The summed E-state index contributed by atoms with van der Waals surface area (Å²) in [5.74, 6) is 0. The van der Waals surface area contributed by atoms with Crippen molar-refractivity contribution in [2.45, 2.75) is 6.42 Å². The minimum atomic E-state index is 0. The smallest absolute Gasteiger partial charge is 1.00 e. The van der Waals surface area contributed by atoms with Gasteiger partial charge >= 0.3 is 17.4 Å². The molecule has 4 heteroatoms. The second-order valence-corrected chi connectivity index (χ2v) is 3.99. The van der Waals surface area contributed by atoms with Gasteiger partial charge < -0.3 is 24.8 Å². The summed E-state index contributed by atoms with van der Waals surface area (Å²) in [6.45, 7) is 0. The third kappa shape index (κ3) is 4.30. The fourth-order valence-corrected chi connectivity index (χ4v) is 2.03. The molecule has 0 bridgehead atoms. The van der Waals surface area contributed by atoms with Gasteiger partial charge in [-0.05, 0) is 18.6 Å². The maximum Gasteiger partial charge on any atom is 3.00 e. The number of fused-ring (bicyclic) bond motifs is 1. The van der Waals surface area contributed by atoms with Crippen molar-refractivity contribution in [1.29, 1.82) is 0 Å². The fourth-order valence-electron chi connectivity index (χ4n) is 2.03. The zero-order chi connectivity index (χ0) is 10.8. The van der Waals surface area contributed by atoms with E-state index in [9.17, 15) is 0 Å². The van der Waals surface area contributed by atoms with E-state index in [1.54, 1.807) is 0 Å². The van der Waals surface area contributed by atoms with Crippen LogP contribution in [0.1, 0.15) is 11.3 Å². The summed E-state index contributed by atoms with van der Waals surface area (Å²) in [7, 11) is 0. The number of hydrogen-bond donors (Lipinski definition) is 0. The zero-order valence-corrected chi connectivity index (χ0v) is 12.9. The van der Waals surface area contributed by atoms with Crippen LogP contribution in [0.4, 0.5) is 0 Å². The number of benzene rings is 1. The van der Waals surface area contributed by atoms with Gasteiger partial charge in [0.05, 0.1) is 0 Å². The molecule has 97 valence electrons. The molecule has 1 aromatic heterocycles. The first-order valence-electron chi connectivity index (χ1n) is 5.46. The predicted molar refractivity (Wildman–Crippen MR) is 66.6 cm³/mol. The Labute approximate surface area is 136 Å². The molecule has 3 rings (SSSR count). The van der Waals surface area contributed by atoms with E-state index in [1.807, 2.05) is 18.3 Å². The Hall–Kier alpha value is -0.908. The normalized spacial score (nSPS) is 9.05. The van der Waals surface area contributed by atoms with Crippen LogP contribution in [0.15, 0.2) is 60.8 Å². The van der Waals surface area contributed by atoms with E-state index >= 15 is 0 Å². The molecule has 0 aliphatic carbocycles. The minimum Gasteiger partial charge on any atom is -1.00 e. The molecular formula is C15H12Cl2CrN. The van der Waals surface area contributed by atoms with Crippen molar-refractivity contribution in [1.82, 2.24) is 4.98 Å². The van der Waals surface area contributed by atoms with Crippen molar-refractivity contribution in [2.75, 3.05) is 0 Å². The van der Waals surface area contributed by atoms with Gasteiger partial charge in [-0.3, -0.25) is 4.98 Å². The molecule has 0 unspecified atom stereocenters. The molecule has 0 saturated carbocycles. The molecule has 0 saturated heterocycles. The van der Waals surface area contributed by atoms with Crippen molar-refractivity contribution in [3.63, 3.8) is 0 Å². The Morgan fingerprint density at radius 3 is 2.37 bits per heavy atom. The van der Waals surface area contributed by atoms with Gasteiger partial charge in [0.15, 0.2) is 0 Å². The van der Waals surface area contributed by atoms with Crippen molar-refractivity contribution in [3.8, 4) is 0 Å². The second kappa shape index (κ2) is 8.30. The van der Waals surface area contributed by atoms with E-state index in [2.05, 4.69) is 47.4 Å². The quantitative estimate of drug-likeness (QED) is 0.476. The van der Waals surface area contributed by atoms with Gasteiger partial charge in [0.25, 0.3) is 0 Å². The maximum atomic E-state index is 4.34. The average molecular weight is 329 g/mol. The van der Waals surface area contributed by atoms with Crippen LogP contribution in [0.3, 0.4) is 0 Å². The molecular weight excluding hydrogens is 317 g/mol. The largest absolute Gasteiger partial charge is 3.00 e. The molecule has 19 heavy (non-hydrogen) atoms. The SMILES string of the molecule is [Cl-].[Cl-].[Cr+3].c1ccc(Cc2cc3ccccc3[cH-]2)nc1. The Balaban J connectivity index is 0.00000108. The van der Waals surface area contributed by atoms with E-state index in [4.69, 9.17) is 0 Å². The van der Waals surface area contributed by atoms with E-state index in [0.717, 1.165) is 12.1 Å². The molecule has 0 spiro atoms. The molecule has 2 aromatic carbocycles. The summed E-state index contributed by atoms with van der Waals surface area (Å²) >= 11 is 0. The molecule has 0 atom stereocenters. The van der Waals surface area contributed by atoms with Crippen LogP contribution in [-0.2, 0) is 23.8 Å². The first kappa shape index (κ1) is 18.1. The summed E-state index contributed by atoms with van der Waals surface area (Å²) in [4.78, 5) is 4.34. The van der Waals surface area contributed by atoms with Gasteiger partial charge in [-0.25, -0.2) is 0 Å². The summed E-state index contributed by atoms with van der Waals surface area (Å²) in [6, 6.07) is 19.0. The number of hydrogen-bond acceptors (Lipinski definition) is 1. The molecule has 0 amide bonds. The van der Waals surface area contributed by atoms with Crippen LogP contribution in [0.2, 0.25) is 0 Å². The van der Waals surface area contributed by atoms with E-state index in [-0.39, 0.29) is 42.2 Å². The third-order valence-corrected chi connectivity index (χ3v) is 2.79. The molecule has 0 fully saturated rings. The van der Waals surface area contributed by atoms with Crippen LogP contribution < -0.4 is 24.8 Å². The number of rotatable bonds is 2. The molecule has 1 nitrogen and oxygen atoms in total. The van der Waals surface area contributed by atoms with E-state index in [1.165, 1.54) is 16.3 Å². The van der Waals surface area contributed by atoms with Gasteiger partial charge in [-0.2, -0.15) is 6.07 Å². The average Bonchev–Trinajstić information content (AvgIpc) is 2.72. The van der Waals surface area contributed by atoms with Crippen molar-refractivity contribution >= 4 is 10.8 Å². The number of nitrogens with zero attached hydrogens (tertiary/aromatic N) is 1. The Bertz CT molecular complexity index is 575. The van der Waals surface area contributed by atoms with Gasteiger partial charge in [0, 0.05) is 11.9 Å². The summed E-state index contributed by atoms with van der Waals surface area (Å²) < 4.78 is 0. The third-order valence-electron chi connectivity index (χ3n) is 2.79. The van der Waals surface area contributed by atoms with Crippen LogP contribution >= 0.6 is 0 Å². The van der Waals surface area contributed by atoms with Crippen LogP contribution in [-0.4, -0.2) is 4.98 Å². The first-order valence-corrected chi connectivity index (χ1v) is 5.46. The monoisotopic (exact) mass is 328 g/mol. The summed E-state index contributed by atoms with van der Waals surface area (Å²) in [5.41, 5.74) is 2.46. The zero-order valence-electron chi connectivity index (χ0n) is 10.1. The predicted octanol–water partition coefficient (Wildman–Crippen LogP) is -2.45. The van der Waals surface area contributed by atoms with Crippen molar-refractivity contribution in [2.24, 2.45) is 0 Å². The second-order valence-electron chi connectivity index (χ2n) is 3.99. The Morgan fingerprint density at radius 1 is 0.947 bits per heavy atom. The van der Waals surface area contributed by atoms with Gasteiger partial charge in [-0.15, -0.1) is 40.6 Å². The molecule has 0 N–H and O–H groups in total. The number of aromatic nitrogens is 1. The summed E-state index contributed by atoms with van der Waals surface area (Å²) in [6.07, 6.45) is 2.76. The standard InChI is InChI=1S/C15H12N.2ClH.Cr/c1-2-6-14-10-12(9-13(14)5-1)11-15-7-3-4-8-16-15;;;/h1-10H,11H2;2*1H;/q-1;;;+3/p-2. The maximum absolute atomic E-state index is 4.34. The number of pyridine rings is 1. The minimum absolute atomic E-state index is 0. The molecule has 0 aliphatic heterocycles. The van der Waals surface area contributed by atoms with Crippen molar-refractivity contribution < 1.29 is 42.2 Å². The molecule has 1 radical (unpaired) electrons. The first-order chi connectivity index (χ1) is 7.92. The van der Waals surface area contributed by atoms with Gasteiger partial charge in [0.2, 0.25) is 0 Å². The number of halogens is 2. The van der Waals surface area contributed by atoms with Crippen molar-refractivity contribution in [3.05, 3.63) is 72.1 Å². The van der Waals surface area contributed by atoms with Gasteiger partial charge in [-0.1, -0.05) is 12.1 Å². The topological polar surface area (TPSA) is 12.9 Å². The van der Waals surface area contributed by atoms with Gasteiger partial charge in [0.1, 0.15) is 0 Å². The van der Waals surface area contributed by atoms with E-state index in [0.29, 0.717) is 0 Å². The summed E-state index contributed by atoms with van der Waals surface area (Å²) in [5, 5.41) is 2.63. The van der Waals surface area contributed by atoms with Crippen LogP contribution in [0, 0.1) is 0 Å².